The molecule has 150 valence electrons. The predicted molar refractivity (Wildman–Crippen MR) is 101 cm³/mol. The Labute approximate surface area is 163 Å². The number of sulfonamides is 1. The summed E-state index contributed by atoms with van der Waals surface area (Å²) in [5.41, 5.74) is 2.57. The van der Waals surface area contributed by atoms with Crippen LogP contribution in [-0.4, -0.2) is 27.4 Å². The van der Waals surface area contributed by atoms with E-state index in [1.807, 2.05) is 12.1 Å². The van der Waals surface area contributed by atoms with Crippen LogP contribution in [0.1, 0.15) is 36.3 Å². The van der Waals surface area contributed by atoms with E-state index < -0.39 is 21.7 Å². The Balaban J connectivity index is 1.48. The van der Waals surface area contributed by atoms with E-state index in [0.717, 1.165) is 31.4 Å². The molecule has 2 aromatic rings. The molecule has 1 atom stereocenters. The van der Waals surface area contributed by atoms with Gasteiger partial charge in [0.05, 0.1) is 4.90 Å². The van der Waals surface area contributed by atoms with Crippen LogP contribution in [0, 0.1) is 11.6 Å². The van der Waals surface area contributed by atoms with Crippen molar-refractivity contribution in [1.82, 2.24) is 10.0 Å². The summed E-state index contributed by atoms with van der Waals surface area (Å²) in [6.45, 7) is 0.375. The van der Waals surface area contributed by atoms with E-state index in [0.29, 0.717) is 12.6 Å². The van der Waals surface area contributed by atoms with Gasteiger partial charge in [-0.2, -0.15) is 0 Å². The maximum atomic E-state index is 13.2. The number of carbonyl (C=O) groups is 1. The van der Waals surface area contributed by atoms with Gasteiger partial charge in [0, 0.05) is 25.4 Å². The fraction of sp³-hybridized carbons (Fsp3) is 0.350. The van der Waals surface area contributed by atoms with Crippen LogP contribution in [0.2, 0.25) is 0 Å². The van der Waals surface area contributed by atoms with Crippen LogP contribution in [0.3, 0.4) is 0 Å². The fourth-order valence-electron chi connectivity index (χ4n) is 3.42. The summed E-state index contributed by atoms with van der Waals surface area (Å²) in [5, 5.41) is 2.85. The van der Waals surface area contributed by atoms with Crippen LogP contribution in [0.5, 0.6) is 0 Å². The molecule has 2 N–H and O–H groups in total. The third-order valence-corrected chi connectivity index (χ3v) is 6.34. The highest BCUT2D eigenvalue weighted by Gasteiger charge is 2.20. The maximum absolute atomic E-state index is 13.2. The third kappa shape index (κ3) is 4.94. The minimum absolute atomic E-state index is 0.0444. The number of halogens is 2. The van der Waals surface area contributed by atoms with E-state index in [-0.39, 0.29) is 29.7 Å². The van der Waals surface area contributed by atoms with Gasteiger partial charge in [-0.15, -0.1) is 0 Å². The predicted octanol–water partition coefficient (Wildman–Crippen LogP) is 2.87. The van der Waals surface area contributed by atoms with Crippen molar-refractivity contribution in [2.45, 2.75) is 36.5 Å². The number of rotatable bonds is 7. The fourth-order valence-corrected chi connectivity index (χ4v) is 4.46. The lowest BCUT2D eigenvalue weighted by molar-refractivity contribution is -0.121. The molecule has 0 saturated heterocycles. The molecule has 0 radical (unpaired) electrons. The molecular formula is C20H22F2N2O3S. The zero-order valence-corrected chi connectivity index (χ0v) is 16.1. The minimum atomic E-state index is -4.01. The van der Waals surface area contributed by atoms with Crippen molar-refractivity contribution in [1.29, 1.82) is 0 Å². The van der Waals surface area contributed by atoms with Gasteiger partial charge in [0.1, 0.15) is 0 Å². The molecule has 8 heteroatoms. The number of carbonyl (C=O) groups excluding carboxylic acids is 1. The van der Waals surface area contributed by atoms with Gasteiger partial charge in [0.2, 0.25) is 15.9 Å². The van der Waals surface area contributed by atoms with Crippen molar-refractivity contribution in [2.75, 3.05) is 13.1 Å². The van der Waals surface area contributed by atoms with Gasteiger partial charge in [-0.1, -0.05) is 24.3 Å². The summed E-state index contributed by atoms with van der Waals surface area (Å²) < 4.78 is 52.5. The average Bonchev–Trinajstić information content (AvgIpc) is 2.68. The van der Waals surface area contributed by atoms with Gasteiger partial charge in [0.25, 0.3) is 0 Å². The molecule has 1 aliphatic carbocycles. The van der Waals surface area contributed by atoms with Gasteiger partial charge < -0.3 is 5.32 Å². The molecular weight excluding hydrogens is 386 g/mol. The Bertz CT molecular complexity index is 964. The highest BCUT2D eigenvalue weighted by atomic mass is 32.2. The molecule has 0 bridgehead atoms. The van der Waals surface area contributed by atoms with Crippen LogP contribution >= 0.6 is 0 Å². The molecule has 3 rings (SSSR count). The molecule has 5 nitrogen and oxygen atoms in total. The topological polar surface area (TPSA) is 75.3 Å². The number of hydrogen-bond donors (Lipinski definition) is 2. The Morgan fingerprint density at radius 2 is 1.89 bits per heavy atom. The number of benzene rings is 2. The molecule has 1 unspecified atom stereocenters. The average molecular weight is 408 g/mol. The lowest BCUT2D eigenvalue weighted by Crippen LogP contribution is -2.33. The summed E-state index contributed by atoms with van der Waals surface area (Å²) in [4.78, 5) is 11.7. The van der Waals surface area contributed by atoms with Crippen molar-refractivity contribution in [3.8, 4) is 0 Å². The van der Waals surface area contributed by atoms with E-state index >= 15 is 0 Å². The maximum Gasteiger partial charge on any atom is 0.240 e. The molecule has 0 heterocycles. The van der Waals surface area contributed by atoms with Gasteiger partial charge in [-0.3, -0.25) is 4.79 Å². The summed E-state index contributed by atoms with van der Waals surface area (Å²) in [6.07, 6.45) is 3.08. The highest BCUT2D eigenvalue weighted by Crippen LogP contribution is 2.30. The number of aryl methyl sites for hydroxylation is 1. The number of nitrogens with one attached hydrogen (secondary N) is 2. The largest absolute Gasteiger partial charge is 0.355 e. The standard InChI is InChI=1S/C20H22F2N2O3S/c21-18-9-8-16(12-19(18)22)28(26,27)24-11-10-20(25)23-13-15-6-3-5-14-4-1-2-7-17(14)15/h1-2,4,7-9,12,15,24H,3,5-6,10-11,13H2,(H,23,25). The van der Waals surface area contributed by atoms with Gasteiger partial charge in [0.15, 0.2) is 11.6 Å². The van der Waals surface area contributed by atoms with Gasteiger partial charge >= 0.3 is 0 Å². The van der Waals surface area contributed by atoms with Crippen molar-refractivity contribution in [2.24, 2.45) is 0 Å². The lowest BCUT2D eigenvalue weighted by atomic mass is 9.83. The number of fused-ring (bicyclic) bond motifs is 1. The summed E-state index contributed by atoms with van der Waals surface area (Å²) in [5.74, 6) is -2.38. The normalized spacial score (nSPS) is 16.4. The zero-order valence-electron chi connectivity index (χ0n) is 15.3. The molecule has 28 heavy (non-hydrogen) atoms. The van der Waals surface area contributed by atoms with Crippen LogP contribution in [0.25, 0.3) is 0 Å². The Kier molecular flexibility index (Phi) is 6.41. The Hall–Kier alpha value is -2.32. The van der Waals surface area contributed by atoms with E-state index in [4.69, 9.17) is 0 Å². The Morgan fingerprint density at radius 3 is 2.68 bits per heavy atom. The van der Waals surface area contributed by atoms with Crippen LogP contribution in [-0.2, 0) is 21.2 Å². The first kappa shape index (κ1) is 20.4. The third-order valence-electron chi connectivity index (χ3n) is 4.88. The first-order valence-electron chi connectivity index (χ1n) is 9.16. The van der Waals surface area contributed by atoms with E-state index in [9.17, 15) is 22.0 Å². The number of amides is 1. The van der Waals surface area contributed by atoms with E-state index in [1.54, 1.807) is 0 Å². The molecule has 0 aromatic heterocycles. The van der Waals surface area contributed by atoms with Crippen molar-refractivity contribution in [3.05, 3.63) is 65.2 Å². The Morgan fingerprint density at radius 1 is 1.11 bits per heavy atom. The second-order valence-corrected chi connectivity index (χ2v) is 8.58. The minimum Gasteiger partial charge on any atom is -0.355 e. The first-order chi connectivity index (χ1) is 13.4. The van der Waals surface area contributed by atoms with E-state index in [2.05, 4.69) is 22.2 Å². The molecule has 1 amide bonds. The van der Waals surface area contributed by atoms with Crippen molar-refractivity contribution in [3.63, 3.8) is 0 Å². The van der Waals surface area contributed by atoms with Crippen molar-refractivity contribution >= 4 is 15.9 Å². The highest BCUT2D eigenvalue weighted by molar-refractivity contribution is 7.89. The monoisotopic (exact) mass is 408 g/mol. The smallest absolute Gasteiger partial charge is 0.240 e. The molecule has 0 saturated carbocycles. The molecule has 0 spiro atoms. The van der Waals surface area contributed by atoms with Gasteiger partial charge in [-0.05, 0) is 48.6 Å². The second-order valence-electron chi connectivity index (χ2n) is 6.82. The van der Waals surface area contributed by atoms with Crippen LogP contribution in [0.4, 0.5) is 8.78 Å². The number of hydrogen-bond acceptors (Lipinski definition) is 3. The zero-order chi connectivity index (χ0) is 20.1. The van der Waals surface area contributed by atoms with E-state index in [1.165, 1.54) is 11.1 Å². The van der Waals surface area contributed by atoms with Crippen LogP contribution < -0.4 is 10.0 Å². The van der Waals surface area contributed by atoms with Gasteiger partial charge in [-0.25, -0.2) is 21.9 Å². The summed E-state index contributed by atoms with van der Waals surface area (Å²) >= 11 is 0. The molecule has 2 aromatic carbocycles. The summed E-state index contributed by atoms with van der Waals surface area (Å²) in [6, 6.07) is 10.5. The molecule has 0 fully saturated rings. The summed E-state index contributed by atoms with van der Waals surface area (Å²) in [7, 11) is -4.01. The first-order valence-corrected chi connectivity index (χ1v) is 10.6. The molecule has 1 aliphatic rings. The molecule has 0 aliphatic heterocycles. The van der Waals surface area contributed by atoms with Crippen LogP contribution in [0.15, 0.2) is 47.4 Å². The second kappa shape index (κ2) is 8.79. The SMILES string of the molecule is O=C(CCNS(=O)(=O)c1ccc(F)c(F)c1)NCC1CCCc2ccccc21. The van der Waals surface area contributed by atoms with Crippen molar-refractivity contribution < 1.29 is 22.0 Å². The lowest BCUT2D eigenvalue weighted by Gasteiger charge is -2.25. The quantitative estimate of drug-likeness (QED) is 0.740.